The van der Waals surface area contributed by atoms with Crippen LogP contribution in [-0.2, 0) is 4.79 Å². The highest BCUT2D eigenvalue weighted by Gasteiger charge is 2.18. The number of hydrogen-bond acceptors (Lipinski definition) is 2. The fourth-order valence-corrected chi connectivity index (χ4v) is 1.78. The van der Waals surface area contributed by atoms with Crippen LogP contribution in [0.1, 0.15) is 24.5 Å². The van der Waals surface area contributed by atoms with Crippen molar-refractivity contribution < 1.29 is 14.6 Å². The highest BCUT2D eigenvalue weighted by Crippen LogP contribution is 2.28. The Morgan fingerprint density at radius 3 is 2.56 bits per heavy atom. The van der Waals surface area contributed by atoms with Gasteiger partial charge in [-0.05, 0) is 43.5 Å². The van der Waals surface area contributed by atoms with E-state index in [4.69, 9.17) is 9.84 Å². The van der Waals surface area contributed by atoms with Crippen molar-refractivity contribution in [1.82, 2.24) is 0 Å². The molecular weight excluding hydrogens is 272 g/mol. The molecule has 3 nitrogen and oxygen atoms in total. The molecule has 1 atom stereocenters. The smallest absolute Gasteiger partial charge is 0.344 e. The normalized spacial score (nSPS) is 12.2. The van der Waals surface area contributed by atoms with Gasteiger partial charge in [-0.25, -0.2) is 4.79 Å². The molecule has 1 rings (SSSR count). The second-order valence-corrected chi connectivity index (χ2v) is 4.50. The van der Waals surface area contributed by atoms with Gasteiger partial charge in [-0.2, -0.15) is 0 Å². The van der Waals surface area contributed by atoms with Crippen molar-refractivity contribution in [3.8, 4) is 5.75 Å². The van der Waals surface area contributed by atoms with E-state index in [0.29, 0.717) is 12.2 Å². The molecule has 4 heteroatoms. The molecule has 1 unspecified atom stereocenters. The topological polar surface area (TPSA) is 46.5 Å². The lowest BCUT2D eigenvalue weighted by Crippen LogP contribution is -2.26. The molecule has 88 valence electrons. The molecule has 0 aliphatic heterocycles. The van der Waals surface area contributed by atoms with E-state index in [0.717, 1.165) is 15.6 Å². The molecule has 0 spiro atoms. The molecule has 0 heterocycles. The Morgan fingerprint density at radius 2 is 2.06 bits per heavy atom. The van der Waals surface area contributed by atoms with Crippen molar-refractivity contribution in [2.75, 3.05) is 0 Å². The van der Waals surface area contributed by atoms with Crippen LogP contribution in [0.2, 0.25) is 0 Å². The summed E-state index contributed by atoms with van der Waals surface area (Å²) in [5, 5.41) is 8.92. The summed E-state index contributed by atoms with van der Waals surface area (Å²) in [5.41, 5.74) is 2.03. The number of rotatable bonds is 4. The van der Waals surface area contributed by atoms with Gasteiger partial charge in [0.1, 0.15) is 5.75 Å². The zero-order valence-electron chi connectivity index (χ0n) is 9.58. The number of carbonyl (C=O) groups is 1. The maximum absolute atomic E-state index is 10.9. The van der Waals surface area contributed by atoms with Gasteiger partial charge in [0.25, 0.3) is 0 Å². The van der Waals surface area contributed by atoms with E-state index >= 15 is 0 Å². The van der Waals surface area contributed by atoms with E-state index in [2.05, 4.69) is 15.9 Å². The molecule has 1 aromatic carbocycles. The molecule has 1 aromatic rings. The van der Waals surface area contributed by atoms with Crippen molar-refractivity contribution in [2.24, 2.45) is 0 Å². The lowest BCUT2D eigenvalue weighted by molar-refractivity contribution is -0.145. The summed E-state index contributed by atoms with van der Waals surface area (Å²) < 4.78 is 6.47. The molecule has 0 aliphatic rings. The van der Waals surface area contributed by atoms with Gasteiger partial charge in [0, 0.05) is 4.47 Å². The third-order valence-electron chi connectivity index (χ3n) is 2.59. The molecule has 0 bridgehead atoms. The van der Waals surface area contributed by atoms with Gasteiger partial charge in [-0.3, -0.25) is 0 Å². The third-order valence-corrected chi connectivity index (χ3v) is 3.45. The molecule has 0 saturated heterocycles. The zero-order valence-corrected chi connectivity index (χ0v) is 11.2. The van der Waals surface area contributed by atoms with E-state index in [-0.39, 0.29) is 0 Å². The second kappa shape index (κ2) is 5.34. The number of carboxylic acids is 1. The van der Waals surface area contributed by atoms with Crippen LogP contribution >= 0.6 is 15.9 Å². The maximum atomic E-state index is 10.9. The average molecular weight is 287 g/mol. The minimum absolute atomic E-state index is 0.448. The predicted octanol–water partition coefficient (Wildman–Crippen LogP) is 3.31. The Kier molecular flexibility index (Phi) is 4.35. The summed E-state index contributed by atoms with van der Waals surface area (Å²) >= 11 is 3.42. The Hall–Kier alpha value is -1.03. The molecule has 1 N–H and O–H groups in total. The van der Waals surface area contributed by atoms with Crippen LogP contribution in [0, 0.1) is 13.8 Å². The first-order valence-corrected chi connectivity index (χ1v) is 5.91. The van der Waals surface area contributed by atoms with E-state index in [1.807, 2.05) is 19.9 Å². The average Bonchev–Trinajstić information content (AvgIpc) is 2.25. The summed E-state index contributed by atoms with van der Waals surface area (Å²) in [7, 11) is 0. The zero-order chi connectivity index (χ0) is 12.3. The van der Waals surface area contributed by atoms with Crippen LogP contribution in [-0.4, -0.2) is 17.2 Å². The van der Waals surface area contributed by atoms with E-state index < -0.39 is 12.1 Å². The minimum Gasteiger partial charge on any atom is -0.479 e. The molecule has 0 amide bonds. The van der Waals surface area contributed by atoms with Crippen molar-refractivity contribution in [2.45, 2.75) is 33.3 Å². The molecule has 16 heavy (non-hydrogen) atoms. The first-order chi connectivity index (χ1) is 7.47. The fourth-order valence-electron chi connectivity index (χ4n) is 1.35. The van der Waals surface area contributed by atoms with Crippen LogP contribution in [0.4, 0.5) is 0 Å². The molecule has 0 radical (unpaired) electrons. The fraction of sp³-hybridized carbons (Fsp3) is 0.417. The predicted molar refractivity (Wildman–Crippen MR) is 66.0 cm³/mol. The number of ether oxygens (including phenoxy) is 1. The molecule has 0 fully saturated rings. The number of halogens is 1. The van der Waals surface area contributed by atoms with Crippen LogP contribution in [0.5, 0.6) is 5.75 Å². The van der Waals surface area contributed by atoms with Crippen molar-refractivity contribution >= 4 is 21.9 Å². The summed E-state index contributed by atoms with van der Waals surface area (Å²) in [6.07, 6.45) is -0.330. The Bertz CT molecular complexity index is 401. The van der Waals surface area contributed by atoms with E-state index in [9.17, 15) is 4.79 Å². The number of carboxylic acid groups (broad SMARTS) is 1. The van der Waals surface area contributed by atoms with Crippen molar-refractivity contribution in [3.05, 3.63) is 27.7 Å². The van der Waals surface area contributed by atoms with Crippen LogP contribution in [0.25, 0.3) is 0 Å². The number of benzene rings is 1. The quantitative estimate of drug-likeness (QED) is 0.924. The Balaban J connectivity index is 2.97. The molecular formula is C12H15BrO3. The van der Waals surface area contributed by atoms with E-state index in [1.54, 1.807) is 13.0 Å². The van der Waals surface area contributed by atoms with E-state index in [1.165, 1.54) is 0 Å². The monoisotopic (exact) mass is 286 g/mol. The molecule has 0 saturated carbocycles. The van der Waals surface area contributed by atoms with Gasteiger partial charge in [0.2, 0.25) is 0 Å². The van der Waals surface area contributed by atoms with Gasteiger partial charge in [-0.1, -0.05) is 22.9 Å². The standard InChI is InChI=1S/C12H15BrO3/c1-4-10(12(14)15)16-11-6-5-9(13)7(2)8(11)3/h5-6,10H,4H2,1-3H3,(H,14,15). The molecule has 0 aliphatic carbocycles. The minimum atomic E-state index is -0.928. The van der Waals surface area contributed by atoms with Crippen LogP contribution in [0.3, 0.4) is 0 Å². The molecule has 0 aromatic heterocycles. The van der Waals surface area contributed by atoms with Crippen LogP contribution < -0.4 is 4.74 Å². The van der Waals surface area contributed by atoms with Gasteiger partial charge < -0.3 is 9.84 Å². The summed E-state index contributed by atoms with van der Waals surface area (Å²) in [6, 6.07) is 3.66. The highest BCUT2D eigenvalue weighted by atomic mass is 79.9. The lowest BCUT2D eigenvalue weighted by Gasteiger charge is -2.16. The van der Waals surface area contributed by atoms with Gasteiger partial charge in [0.15, 0.2) is 6.10 Å². The summed E-state index contributed by atoms with van der Waals surface area (Å²) in [4.78, 5) is 10.9. The number of aliphatic carboxylic acids is 1. The maximum Gasteiger partial charge on any atom is 0.344 e. The second-order valence-electron chi connectivity index (χ2n) is 3.65. The van der Waals surface area contributed by atoms with Gasteiger partial charge in [0.05, 0.1) is 0 Å². The Morgan fingerprint density at radius 1 is 1.44 bits per heavy atom. The van der Waals surface area contributed by atoms with Gasteiger partial charge in [-0.15, -0.1) is 0 Å². The van der Waals surface area contributed by atoms with Crippen molar-refractivity contribution in [3.63, 3.8) is 0 Å². The first-order valence-electron chi connectivity index (χ1n) is 5.12. The largest absolute Gasteiger partial charge is 0.479 e. The summed E-state index contributed by atoms with van der Waals surface area (Å²) in [6.45, 7) is 5.68. The SMILES string of the molecule is CCC(Oc1ccc(Br)c(C)c1C)C(=O)O. The van der Waals surface area contributed by atoms with Gasteiger partial charge >= 0.3 is 5.97 Å². The lowest BCUT2D eigenvalue weighted by atomic mass is 10.1. The highest BCUT2D eigenvalue weighted by molar-refractivity contribution is 9.10. The van der Waals surface area contributed by atoms with Crippen molar-refractivity contribution in [1.29, 1.82) is 0 Å². The summed E-state index contributed by atoms with van der Waals surface area (Å²) in [5.74, 6) is -0.294. The van der Waals surface area contributed by atoms with Crippen LogP contribution in [0.15, 0.2) is 16.6 Å². The number of hydrogen-bond donors (Lipinski definition) is 1. The first kappa shape index (κ1) is 13.0. The third kappa shape index (κ3) is 2.76. The Labute approximate surface area is 104 Å².